The van der Waals surface area contributed by atoms with Crippen LogP contribution in [0.1, 0.15) is 51.4 Å². The summed E-state index contributed by atoms with van der Waals surface area (Å²) in [6, 6.07) is 12.1. The van der Waals surface area contributed by atoms with E-state index in [0.717, 1.165) is 54.3 Å². The summed E-state index contributed by atoms with van der Waals surface area (Å²) in [7, 11) is 0. The van der Waals surface area contributed by atoms with Gasteiger partial charge in [0.15, 0.2) is 0 Å². The molecule has 192 valence electrons. The highest BCUT2D eigenvalue weighted by Gasteiger charge is 2.26. The van der Waals surface area contributed by atoms with Gasteiger partial charge in [0.2, 0.25) is 11.8 Å². The van der Waals surface area contributed by atoms with Gasteiger partial charge in [-0.25, -0.2) is 9.97 Å². The number of aryl methyl sites for hydroxylation is 2. The Bertz CT molecular complexity index is 1420. The molecule has 1 fully saturated rings. The van der Waals surface area contributed by atoms with Gasteiger partial charge in [0.05, 0.1) is 17.0 Å². The first-order chi connectivity index (χ1) is 17.8. The van der Waals surface area contributed by atoms with Crippen molar-refractivity contribution in [1.29, 1.82) is 0 Å². The number of anilines is 1. The Morgan fingerprint density at radius 1 is 1.14 bits per heavy atom. The SMILES string of the molecule is Cc1cc(C)c(CNC(=O)c2c(C)n([C@H](C)c3ccccc3)c3nc(N4CCNCC4)ncc23)c(O)n1. The number of nitrogens with one attached hydrogen (secondary N) is 2. The van der Waals surface area contributed by atoms with Crippen molar-refractivity contribution in [3.63, 3.8) is 0 Å². The van der Waals surface area contributed by atoms with Gasteiger partial charge in [-0.15, -0.1) is 0 Å². The number of aromatic hydroxyl groups is 1. The number of amides is 1. The summed E-state index contributed by atoms with van der Waals surface area (Å²) in [5, 5.41) is 17.4. The van der Waals surface area contributed by atoms with E-state index in [0.29, 0.717) is 22.5 Å². The van der Waals surface area contributed by atoms with Gasteiger partial charge in [0, 0.05) is 55.9 Å². The summed E-state index contributed by atoms with van der Waals surface area (Å²) in [5.41, 5.74) is 5.44. The van der Waals surface area contributed by atoms with Gasteiger partial charge in [0.25, 0.3) is 5.91 Å². The highest BCUT2D eigenvalue weighted by Crippen LogP contribution is 2.32. The highest BCUT2D eigenvalue weighted by atomic mass is 16.3. The smallest absolute Gasteiger partial charge is 0.254 e. The fraction of sp³-hybridized carbons (Fsp3) is 0.357. The molecule has 0 unspecified atom stereocenters. The predicted molar refractivity (Wildman–Crippen MR) is 144 cm³/mol. The summed E-state index contributed by atoms with van der Waals surface area (Å²) in [5.74, 6) is 0.379. The van der Waals surface area contributed by atoms with E-state index in [1.807, 2.05) is 45.0 Å². The summed E-state index contributed by atoms with van der Waals surface area (Å²) < 4.78 is 2.13. The van der Waals surface area contributed by atoms with Crippen LogP contribution in [0.15, 0.2) is 42.6 Å². The third kappa shape index (κ3) is 4.74. The minimum absolute atomic E-state index is 0.0383. The van der Waals surface area contributed by atoms with Crippen molar-refractivity contribution in [2.75, 3.05) is 31.1 Å². The lowest BCUT2D eigenvalue weighted by molar-refractivity contribution is 0.0951. The molecule has 1 aliphatic heterocycles. The van der Waals surface area contributed by atoms with E-state index in [9.17, 15) is 9.90 Å². The molecule has 3 N–H and O–H groups in total. The molecule has 1 aliphatic rings. The normalized spacial score (nSPS) is 14.6. The number of pyridine rings is 1. The molecule has 0 spiro atoms. The van der Waals surface area contributed by atoms with Crippen molar-refractivity contribution < 1.29 is 9.90 Å². The lowest BCUT2D eigenvalue weighted by Crippen LogP contribution is -2.44. The van der Waals surface area contributed by atoms with E-state index >= 15 is 0 Å². The van der Waals surface area contributed by atoms with Crippen LogP contribution in [0.25, 0.3) is 11.0 Å². The van der Waals surface area contributed by atoms with Crippen LogP contribution in [0.4, 0.5) is 5.95 Å². The molecule has 0 bridgehead atoms. The van der Waals surface area contributed by atoms with E-state index in [-0.39, 0.29) is 24.4 Å². The van der Waals surface area contributed by atoms with Gasteiger partial charge in [-0.05, 0) is 44.9 Å². The number of hydrogen-bond donors (Lipinski definition) is 3. The number of carbonyl (C=O) groups is 1. The van der Waals surface area contributed by atoms with Gasteiger partial charge in [-0.2, -0.15) is 4.98 Å². The summed E-state index contributed by atoms with van der Waals surface area (Å²) >= 11 is 0. The van der Waals surface area contributed by atoms with Crippen LogP contribution in [0.5, 0.6) is 5.88 Å². The average Bonchev–Trinajstić information content (AvgIpc) is 3.19. The number of rotatable bonds is 6. The first kappa shape index (κ1) is 24.7. The molecule has 9 nitrogen and oxygen atoms in total. The maximum Gasteiger partial charge on any atom is 0.254 e. The maximum atomic E-state index is 13.6. The topological polar surface area (TPSA) is 108 Å². The second-order valence-electron chi connectivity index (χ2n) is 9.63. The van der Waals surface area contributed by atoms with Crippen LogP contribution in [0.2, 0.25) is 0 Å². The molecule has 37 heavy (non-hydrogen) atoms. The minimum atomic E-state index is -0.237. The number of nitrogens with zero attached hydrogens (tertiary/aromatic N) is 5. The van der Waals surface area contributed by atoms with Crippen LogP contribution >= 0.6 is 0 Å². The zero-order valence-corrected chi connectivity index (χ0v) is 21.7. The van der Waals surface area contributed by atoms with Crippen molar-refractivity contribution in [2.24, 2.45) is 0 Å². The lowest BCUT2D eigenvalue weighted by Gasteiger charge is -2.27. The third-order valence-corrected chi connectivity index (χ3v) is 7.15. The average molecular weight is 500 g/mol. The molecule has 0 aliphatic carbocycles. The predicted octanol–water partition coefficient (Wildman–Crippen LogP) is 3.41. The van der Waals surface area contributed by atoms with E-state index in [2.05, 4.69) is 49.1 Å². The number of benzene rings is 1. The van der Waals surface area contributed by atoms with Crippen molar-refractivity contribution in [1.82, 2.24) is 30.2 Å². The summed E-state index contributed by atoms with van der Waals surface area (Å²) in [6.45, 7) is 11.4. The highest BCUT2D eigenvalue weighted by molar-refractivity contribution is 6.07. The molecule has 9 heteroatoms. The molecule has 5 rings (SSSR count). The Morgan fingerprint density at radius 3 is 2.57 bits per heavy atom. The number of carbonyl (C=O) groups excluding carboxylic acids is 1. The second-order valence-corrected chi connectivity index (χ2v) is 9.63. The first-order valence-corrected chi connectivity index (χ1v) is 12.7. The van der Waals surface area contributed by atoms with Crippen molar-refractivity contribution in [3.05, 3.63) is 76.2 Å². The van der Waals surface area contributed by atoms with Crippen LogP contribution in [-0.4, -0.2) is 56.7 Å². The lowest BCUT2D eigenvalue weighted by atomic mass is 10.1. The Morgan fingerprint density at radius 2 is 1.86 bits per heavy atom. The zero-order valence-electron chi connectivity index (χ0n) is 21.7. The van der Waals surface area contributed by atoms with Gasteiger partial charge < -0.3 is 25.2 Å². The standard InChI is InChI=1S/C28H33N7O2/c1-17-14-18(2)32-26(36)22(17)15-30-27(37)24-20(4)35(19(3)21-8-6-5-7-9-21)25-23(24)16-31-28(33-25)34-12-10-29-11-13-34/h5-9,14,16,19,29H,10-13,15H2,1-4H3,(H,30,37)(H,32,36)/t19-/m1/s1. The van der Waals surface area contributed by atoms with E-state index < -0.39 is 0 Å². The Hall–Kier alpha value is -3.98. The molecule has 0 saturated carbocycles. The molecule has 1 amide bonds. The summed E-state index contributed by atoms with van der Waals surface area (Å²) in [4.78, 5) is 29.6. The summed E-state index contributed by atoms with van der Waals surface area (Å²) in [6.07, 6.45) is 1.77. The number of fused-ring (bicyclic) bond motifs is 1. The monoisotopic (exact) mass is 499 g/mol. The van der Waals surface area contributed by atoms with Crippen molar-refractivity contribution >= 4 is 22.9 Å². The molecule has 4 aromatic rings. The molecular formula is C28H33N7O2. The Balaban J connectivity index is 1.56. The van der Waals surface area contributed by atoms with Crippen LogP contribution < -0.4 is 15.5 Å². The van der Waals surface area contributed by atoms with Gasteiger partial charge in [0.1, 0.15) is 5.65 Å². The van der Waals surface area contributed by atoms with E-state index in [1.54, 1.807) is 6.20 Å². The number of piperazine rings is 1. The molecule has 1 aromatic carbocycles. The third-order valence-electron chi connectivity index (χ3n) is 7.15. The number of hydrogen-bond acceptors (Lipinski definition) is 7. The molecule has 4 heterocycles. The number of aromatic nitrogens is 4. The largest absolute Gasteiger partial charge is 0.493 e. The van der Waals surface area contributed by atoms with Crippen molar-refractivity contribution in [2.45, 2.75) is 40.3 Å². The molecular weight excluding hydrogens is 466 g/mol. The van der Waals surface area contributed by atoms with Gasteiger partial charge in [-0.3, -0.25) is 4.79 Å². The fourth-order valence-corrected chi connectivity index (χ4v) is 5.18. The molecule has 1 atom stereocenters. The molecule has 0 radical (unpaired) electrons. The second kappa shape index (κ2) is 10.2. The Kier molecular flexibility index (Phi) is 6.80. The minimum Gasteiger partial charge on any atom is -0.493 e. The van der Waals surface area contributed by atoms with Crippen molar-refractivity contribution in [3.8, 4) is 5.88 Å². The quantitative estimate of drug-likeness (QED) is 0.373. The molecule has 3 aromatic heterocycles. The molecule has 1 saturated heterocycles. The van der Waals surface area contributed by atoms with Crippen LogP contribution in [0.3, 0.4) is 0 Å². The van der Waals surface area contributed by atoms with Crippen LogP contribution in [0, 0.1) is 20.8 Å². The zero-order chi connectivity index (χ0) is 26.1. The van der Waals surface area contributed by atoms with E-state index in [4.69, 9.17) is 4.98 Å². The fourth-order valence-electron chi connectivity index (χ4n) is 5.18. The Labute approximate surface area is 216 Å². The first-order valence-electron chi connectivity index (χ1n) is 12.7. The van der Waals surface area contributed by atoms with Gasteiger partial charge in [-0.1, -0.05) is 30.3 Å². The maximum absolute atomic E-state index is 13.6. The van der Waals surface area contributed by atoms with Gasteiger partial charge >= 0.3 is 0 Å². The van der Waals surface area contributed by atoms with Crippen LogP contribution in [-0.2, 0) is 6.54 Å². The van der Waals surface area contributed by atoms with E-state index in [1.165, 1.54) is 0 Å².